The van der Waals surface area contributed by atoms with Gasteiger partial charge in [-0.3, -0.25) is 19.2 Å². The molecule has 2 heterocycles. The summed E-state index contributed by atoms with van der Waals surface area (Å²) in [6, 6.07) is 0. The van der Waals surface area contributed by atoms with Crippen LogP contribution in [0.15, 0.2) is 6.20 Å². The summed E-state index contributed by atoms with van der Waals surface area (Å²) in [5.41, 5.74) is 0.604. The number of amides is 2. The van der Waals surface area contributed by atoms with Crippen LogP contribution in [0, 0.1) is 0 Å². The minimum atomic E-state index is -0.253. The maximum atomic E-state index is 11.9. The Morgan fingerprint density at radius 1 is 1.56 bits per heavy atom. The van der Waals surface area contributed by atoms with Crippen LogP contribution in [0.3, 0.4) is 0 Å². The molecule has 2 amide bonds. The molecule has 0 aliphatic carbocycles. The van der Waals surface area contributed by atoms with Crippen molar-refractivity contribution in [1.29, 1.82) is 0 Å². The maximum Gasteiger partial charge on any atom is 0.243 e. The topological polar surface area (TPSA) is 68.1 Å². The van der Waals surface area contributed by atoms with Crippen molar-refractivity contribution in [2.24, 2.45) is 0 Å². The Hall–Kier alpha value is -1.31. The molecule has 1 aliphatic heterocycles. The van der Waals surface area contributed by atoms with Crippen LogP contribution in [0.25, 0.3) is 0 Å². The summed E-state index contributed by atoms with van der Waals surface area (Å²) in [5, 5.41) is 7.54. The standard InChI is InChI=1S/C10H13BN4O2S/c1-18-8-4-9(16)15(10(8)17)6-7-5-14(3-2-11)13-12-7/h5,8H,2-4,6H2,1H3. The Labute approximate surface area is 110 Å². The van der Waals surface area contributed by atoms with E-state index in [0.29, 0.717) is 18.6 Å². The highest BCUT2D eigenvalue weighted by Gasteiger charge is 2.38. The van der Waals surface area contributed by atoms with E-state index in [-0.39, 0.29) is 30.0 Å². The van der Waals surface area contributed by atoms with E-state index in [4.69, 9.17) is 7.85 Å². The molecule has 0 spiro atoms. The van der Waals surface area contributed by atoms with Gasteiger partial charge in [-0.15, -0.1) is 5.10 Å². The summed E-state index contributed by atoms with van der Waals surface area (Å²) >= 11 is 1.40. The van der Waals surface area contributed by atoms with Crippen molar-refractivity contribution in [1.82, 2.24) is 19.9 Å². The molecule has 8 heteroatoms. The fraction of sp³-hybridized carbons (Fsp3) is 0.600. The second kappa shape index (κ2) is 5.56. The normalized spacial score (nSPS) is 19.8. The highest BCUT2D eigenvalue weighted by molar-refractivity contribution is 8.00. The van der Waals surface area contributed by atoms with Gasteiger partial charge in [-0.2, -0.15) is 11.8 Å². The lowest BCUT2D eigenvalue weighted by Crippen LogP contribution is -2.30. The van der Waals surface area contributed by atoms with Gasteiger partial charge in [0.25, 0.3) is 0 Å². The first-order chi connectivity index (χ1) is 8.65. The van der Waals surface area contributed by atoms with E-state index in [1.54, 1.807) is 10.9 Å². The van der Waals surface area contributed by atoms with E-state index in [1.807, 2.05) is 6.26 Å². The minimum absolute atomic E-state index is 0.138. The number of carbonyl (C=O) groups excluding carboxylic acids is 2. The number of nitrogens with zero attached hydrogens (tertiary/aromatic N) is 4. The predicted octanol–water partition coefficient (Wildman–Crippen LogP) is -0.145. The Bertz CT molecular complexity index is 464. The number of carbonyl (C=O) groups is 2. The van der Waals surface area contributed by atoms with Gasteiger partial charge >= 0.3 is 0 Å². The highest BCUT2D eigenvalue weighted by Crippen LogP contribution is 2.24. The van der Waals surface area contributed by atoms with Crippen molar-refractivity contribution in [3.8, 4) is 0 Å². The van der Waals surface area contributed by atoms with Crippen molar-refractivity contribution in [3.05, 3.63) is 11.9 Å². The molecule has 2 radical (unpaired) electrons. The van der Waals surface area contributed by atoms with Crippen LogP contribution in [0.1, 0.15) is 12.1 Å². The number of aromatic nitrogens is 3. The number of likely N-dealkylation sites (tertiary alicyclic amines) is 1. The molecule has 2 rings (SSSR count). The summed E-state index contributed by atoms with van der Waals surface area (Å²) in [5.74, 6) is -0.284. The molecule has 1 fully saturated rings. The first-order valence-corrected chi connectivity index (χ1v) is 6.90. The molecular weight excluding hydrogens is 251 g/mol. The van der Waals surface area contributed by atoms with E-state index < -0.39 is 0 Å². The Balaban J connectivity index is 2.04. The van der Waals surface area contributed by atoms with Crippen molar-refractivity contribution in [2.75, 3.05) is 6.26 Å². The Morgan fingerprint density at radius 3 is 2.94 bits per heavy atom. The lowest BCUT2D eigenvalue weighted by atomic mass is 10.1. The SMILES string of the molecule is [B]CCn1cc(CN2C(=O)CC(SC)C2=O)nn1. The first kappa shape index (κ1) is 13.1. The van der Waals surface area contributed by atoms with Gasteiger partial charge in [-0.05, 0) is 6.26 Å². The van der Waals surface area contributed by atoms with E-state index in [2.05, 4.69) is 10.3 Å². The second-order valence-corrected chi connectivity index (χ2v) is 5.05. The van der Waals surface area contributed by atoms with Crippen molar-refractivity contribution >= 4 is 31.4 Å². The lowest BCUT2D eigenvalue weighted by molar-refractivity contribution is -0.138. The third-order valence-corrected chi connectivity index (χ3v) is 3.69. The molecule has 1 atom stereocenters. The molecule has 0 N–H and O–H groups in total. The summed E-state index contributed by atoms with van der Waals surface area (Å²) in [6.45, 7) is 0.766. The zero-order valence-electron chi connectivity index (χ0n) is 10.1. The van der Waals surface area contributed by atoms with Crippen LogP contribution in [0.4, 0.5) is 0 Å². The molecule has 1 saturated heterocycles. The fourth-order valence-corrected chi connectivity index (χ4v) is 2.46. The number of imide groups is 1. The molecular formula is C10H13BN4O2S. The van der Waals surface area contributed by atoms with Gasteiger partial charge in [-0.25, -0.2) is 0 Å². The van der Waals surface area contributed by atoms with E-state index in [0.717, 1.165) is 0 Å². The molecule has 1 aliphatic rings. The molecule has 18 heavy (non-hydrogen) atoms. The highest BCUT2D eigenvalue weighted by atomic mass is 32.2. The monoisotopic (exact) mass is 264 g/mol. The van der Waals surface area contributed by atoms with E-state index in [9.17, 15) is 9.59 Å². The Kier molecular flexibility index (Phi) is 4.06. The molecule has 1 aromatic rings. The molecule has 6 nitrogen and oxygen atoms in total. The molecule has 94 valence electrons. The van der Waals surface area contributed by atoms with Gasteiger partial charge in [0, 0.05) is 13.0 Å². The zero-order chi connectivity index (χ0) is 13.1. The van der Waals surface area contributed by atoms with Crippen LogP contribution in [-0.4, -0.2) is 51.1 Å². The third-order valence-electron chi connectivity index (χ3n) is 2.75. The zero-order valence-corrected chi connectivity index (χ0v) is 10.9. The largest absolute Gasteiger partial charge is 0.275 e. The Morgan fingerprint density at radius 2 is 2.33 bits per heavy atom. The van der Waals surface area contributed by atoms with Crippen molar-refractivity contribution < 1.29 is 9.59 Å². The molecule has 1 aromatic heterocycles. The number of hydrogen-bond donors (Lipinski definition) is 0. The molecule has 0 saturated carbocycles. The second-order valence-electron chi connectivity index (χ2n) is 4.01. The van der Waals surface area contributed by atoms with Crippen LogP contribution >= 0.6 is 11.8 Å². The number of aryl methyl sites for hydroxylation is 1. The fourth-order valence-electron chi connectivity index (χ4n) is 1.82. The van der Waals surface area contributed by atoms with Gasteiger partial charge in [0.1, 0.15) is 5.69 Å². The smallest absolute Gasteiger partial charge is 0.243 e. The maximum absolute atomic E-state index is 11.9. The third kappa shape index (κ3) is 2.58. The van der Waals surface area contributed by atoms with E-state index in [1.165, 1.54) is 16.7 Å². The minimum Gasteiger partial charge on any atom is -0.275 e. The molecule has 0 aromatic carbocycles. The summed E-state index contributed by atoms with van der Waals surface area (Å²) in [6.07, 6.45) is 4.28. The van der Waals surface area contributed by atoms with Crippen LogP contribution < -0.4 is 0 Å². The average molecular weight is 264 g/mol. The number of rotatable bonds is 5. The van der Waals surface area contributed by atoms with Gasteiger partial charge in [0.05, 0.1) is 25.8 Å². The van der Waals surface area contributed by atoms with Crippen LogP contribution in [0.5, 0.6) is 0 Å². The quantitative estimate of drug-likeness (QED) is 0.546. The van der Waals surface area contributed by atoms with Gasteiger partial charge in [-0.1, -0.05) is 11.5 Å². The summed E-state index contributed by atoms with van der Waals surface area (Å²) in [4.78, 5) is 24.8. The van der Waals surface area contributed by atoms with Crippen molar-refractivity contribution in [3.63, 3.8) is 0 Å². The molecule has 1 unspecified atom stereocenters. The van der Waals surface area contributed by atoms with Crippen LogP contribution in [-0.2, 0) is 22.7 Å². The van der Waals surface area contributed by atoms with Gasteiger partial charge < -0.3 is 0 Å². The van der Waals surface area contributed by atoms with Crippen LogP contribution in [0.2, 0.25) is 6.32 Å². The lowest BCUT2D eigenvalue weighted by Gasteiger charge is -2.12. The number of thioether (sulfide) groups is 1. The predicted molar refractivity (Wildman–Crippen MR) is 68.1 cm³/mol. The van der Waals surface area contributed by atoms with Gasteiger partial charge in [0.2, 0.25) is 11.8 Å². The van der Waals surface area contributed by atoms with E-state index >= 15 is 0 Å². The summed E-state index contributed by atoms with van der Waals surface area (Å²) < 4.78 is 1.60. The summed E-state index contributed by atoms with van der Waals surface area (Å²) in [7, 11) is 5.40. The first-order valence-electron chi connectivity index (χ1n) is 5.61. The average Bonchev–Trinajstić information content (AvgIpc) is 2.89. The van der Waals surface area contributed by atoms with Crippen molar-refractivity contribution in [2.45, 2.75) is 31.1 Å². The van der Waals surface area contributed by atoms with Gasteiger partial charge in [0.15, 0.2) is 0 Å². The molecule has 0 bridgehead atoms. The number of hydrogen-bond acceptors (Lipinski definition) is 5.